The lowest BCUT2D eigenvalue weighted by atomic mass is 10.1. The van der Waals surface area contributed by atoms with Gasteiger partial charge in [-0.2, -0.15) is 14.1 Å². The molecule has 0 N–H and O–H groups in total. The highest BCUT2D eigenvalue weighted by Gasteiger charge is 2.38. The fourth-order valence-electron chi connectivity index (χ4n) is 4.45. The lowest BCUT2D eigenvalue weighted by molar-refractivity contribution is 0.151. The van der Waals surface area contributed by atoms with Crippen LogP contribution in [0.1, 0.15) is 40.0 Å². The summed E-state index contributed by atoms with van der Waals surface area (Å²) < 4.78 is 61.8. The normalized spacial score (nSPS) is 24.1. The highest BCUT2D eigenvalue weighted by atomic mass is 32.2. The van der Waals surface area contributed by atoms with Gasteiger partial charge >= 0.3 is 5.56 Å². The van der Waals surface area contributed by atoms with Gasteiger partial charge in [0.05, 0.1) is 17.1 Å². The third-order valence-corrected chi connectivity index (χ3v) is 8.70. The summed E-state index contributed by atoms with van der Waals surface area (Å²) in [5, 5.41) is 3.71. The van der Waals surface area contributed by atoms with Crippen molar-refractivity contribution in [3.63, 3.8) is 0 Å². The summed E-state index contributed by atoms with van der Waals surface area (Å²) in [6, 6.07) is 5.50. The van der Waals surface area contributed by atoms with E-state index in [9.17, 15) is 22.0 Å². The predicted octanol–water partition coefficient (Wildman–Crippen LogP) is 2.89. The Hall–Kier alpha value is -2.53. The minimum atomic E-state index is -3.39. The van der Waals surface area contributed by atoms with E-state index in [1.165, 1.54) is 35.6 Å². The van der Waals surface area contributed by atoms with Crippen molar-refractivity contribution in [1.82, 2.24) is 14.1 Å². The molecule has 2 aliphatic rings. The zero-order chi connectivity index (χ0) is 24.7. The fraction of sp³-hybridized carbons (Fsp3) is 0.565. The average molecular weight is 497 g/mol. The summed E-state index contributed by atoms with van der Waals surface area (Å²) >= 11 is 0. The van der Waals surface area contributed by atoms with Crippen LogP contribution in [0.2, 0.25) is 0 Å². The number of nitrogens with zero attached hydrogens (tertiary/aromatic N) is 4. The van der Waals surface area contributed by atoms with Gasteiger partial charge in [-0.25, -0.2) is 17.2 Å². The van der Waals surface area contributed by atoms with Crippen molar-refractivity contribution < 1.29 is 21.9 Å². The molecule has 34 heavy (non-hydrogen) atoms. The average Bonchev–Trinajstić information content (AvgIpc) is 3.13. The van der Waals surface area contributed by atoms with Crippen LogP contribution in [0.15, 0.2) is 35.3 Å². The Morgan fingerprint density at radius 1 is 1.21 bits per heavy atom. The van der Waals surface area contributed by atoms with Gasteiger partial charge in [-0.3, -0.25) is 4.79 Å². The van der Waals surface area contributed by atoms with Crippen LogP contribution in [0.3, 0.4) is 0 Å². The van der Waals surface area contributed by atoms with Gasteiger partial charge in [0, 0.05) is 32.6 Å². The van der Waals surface area contributed by atoms with E-state index < -0.39 is 38.4 Å². The van der Waals surface area contributed by atoms with Crippen LogP contribution >= 0.6 is 0 Å². The maximum absolute atomic E-state index is 14.4. The number of piperazine rings is 1. The number of hydrogen-bond acceptors (Lipinski definition) is 6. The molecule has 2 unspecified atom stereocenters. The van der Waals surface area contributed by atoms with Crippen LogP contribution in [0, 0.1) is 5.82 Å². The fourth-order valence-corrected chi connectivity index (χ4v) is 5.72. The second kappa shape index (κ2) is 9.26. The van der Waals surface area contributed by atoms with E-state index >= 15 is 0 Å². The number of ether oxygens (including phenoxy) is 1. The molecule has 8 nitrogen and oxygen atoms in total. The van der Waals surface area contributed by atoms with Gasteiger partial charge < -0.3 is 9.64 Å². The number of sulfonamides is 1. The number of benzene rings is 1. The minimum Gasteiger partial charge on any atom is -0.483 e. The van der Waals surface area contributed by atoms with Crippen molar-refractivity contribution in [2.75, 3.05) is 31.1 Å². The van der Waals surface area contributed by atoms with Crippen molar-refractivity contribution in [3.05, 3.63) is 46.6 Å². The molecular weight excluding hydrogens is 466 g/mol. The molecule has 4 rings (SSSR count). The molecule has 2 fully saturated rings. The van der Waals surface area contributed by atoms with E-state index in [-0.39, 0.29) is 30.9 Å². The zero-order valence-electron chi connectivity index (χ0n) is 19.6. The summed E-state index contributed by atoms with van der Waals surface area (Å²) in [4.78, 5) is 15.3. The van der Waals surface area contributed by atoms with Crippen LogP contribution in [-0.4, -0.2) is 65.7 Å². The lowest BCUT2D eigenvalue weighted by Gasteiger charge is -2.36. The largest absolute Gasteiger partial charge is 0.483 e. The highest BCUT2D eigenvalue weighted by Crippen LogP contribution is 2.37. The number of alkyl halides is 1. The molecule has 1 saturated heterocycles. The van der Waals surface area contributed by atoms with E-state index in [4.69, 9.17) is 4.74 Å². The standard InChI is InChI=1S/C23H30F2N4O4S/c1-16(2)34(31,32)28-11-9-27(10-12-28)20-15-26-29(18-6-4-5-17(24)13-18)22(30)21(20)33-19-7-8-23(3,25)14-19/h4-6,13,15-16,19H,7-12,14H2,1-3H3. The van der Waals surface area contributed by atoms with Gasteiger partial charge in [-0.1, -0.05) is 6.07 Å². The first kappa shape index (κ1) is 24.6. The molecule has 11 heteroatoms. The van der Waals surface area contributed by atoms with Gasteiger partial charge in [0.1, 0.15) is 23.3 Å². The second-order valence-electron chi connectivity index (χ2n) is 9.43. The molecule has 0 amide bonds. The first-order chi connectivity index (χ1) is 16.0. The molecule has 1 aromatic heterocycles. The Kier molecular flexibility index (Phi) is 6.69. The second-order valence-corrected chi connectivity index (χ2v) is 11.9. The lowest BCUT2D eigenvalue weighted by Crippen LogP contribution is -2.50. The maximum atomic E-state index is 14.4. The van der Waals surface area contributed by atoms with Crippen molar-refractivity contribution in [1.29, 1.82) is 0 Å². The zero-order valence-corrected chi connectivity index (χ0v) is 20.4. The minimum absolute atomic E-state index is 0.0159. The molecular formula is C23H30F2N4O4S. The Bertz CT molecular complexity index is 1210. The quantitative estimate of drug-likeness (QED) is 0.612. The first-order valence-corrected chi connectivity index (χ1v) is 13.0. The van der Waals surface area contributed by atoms with Gasteiger partial charge in [0.25, 0.3) is 0 Å². The topological polar surface area (TPSA) is 84.7 Å². The van der Waals surface area contributed by atoms with Crippen molar-refractivity contribution >= 4 is 15.7 Å². The number of halogens is 2. The highest BCUT2D eigenvalue weighted by molar-refractivity contribution is 7.89. The van der Waals surface area contributed by atoms with Gasteiger partial charge in [0.2, 0.25) is 15.8 Å². The van der Waals surface area contributed by atoms with Gasteiger partial charge in [-0.05, 0) is 51.8 Å². The van der Waals surface area contributed by atoms with Crippen LogP contribution in [0.25, 0.3) is 5.69 Å². The summed E-state index contributed by atoms with van der Waals surface area (Å²) in [7, 11) is -3.39. The van der Waals surface area contributed by atoms with E-state index in [0.29, 0.717) is 31.6 Å². The third kappa shape index (κ3) is 4.95. The number of aromatic nitrogens is 2. The molecule has 1 saturated carbocycles. The summed E-state index contributed by atoms with van der Waals surface area (Å²) in [5.74, 6) is -0.494. The van der Waals surface area contributed by atoms with Crippen LogP contribution in [-0.2, 0) is 10.0 Å². The molecule has 1 aliphatic heterocycles. The van der Waals surface area contributed by atoms with Crippen molar-refractivity contribution in [2.45, 2.75) is 57.1 Å². The smallest absolute Gasteiger partial charge is 0.316 e. The van der Waals surface area contributed by atoms with Crippen molar-refractivity contribution in [2.24, 2.45) is 0 Å². The number of rotatable bonds is 6. The Morgan fingerprint density at radius 3 is 2.50 bits per heavy atom. The molecule has 2 heterocycles. The Labute approximate surface area is 198 Å². The molecule has 186 valence electrons. The van der Waals surface area contributed by atoms with Crippen LogP contribution < -0.4 is 15.2 Å². The van der Waals surface area contributed by atoms with Gasteiger partial charge in [-0.15, -0.1) is 0 Å². The maximum Gasteiger partial charge on any atom is 0.316 e. The molecule has 0 radical (unpaired) electrons. The van der Waals surface area contributed by atoms with E-state index in [2.05, 4.69) is 5.10 Å². The molecule has 2 aromatic rings. The Balaban J connectivity index is 1.67. The van der Waals surface area contributed by atoms with E-state index in [1.54, 1.807) is 19.9 Å². The summed E-state index contributed by atoms with van der Waals surface area (Å²) in [6.45, 7) is 6.02. The summed E-state index contributed by atoms with van der Waals surface area (Å²) in [5.41, 5.74) is -1.27. The van der Waals surface area contributed by atoms with Crippen LogP contribution in [0.4, 0.5) is 14.5 Å². The third-order valence-electron chi connectivity index (χ3n) is 6.43. The SMILES string of the molecule is CC(C)S(=O)(=O)N1CCN(c2cnn(-c3cccc(F)c3)c(=O)c2OC2CCC(C)(F)C2)CC1. The first-order valence-electron chi connectivity index (χ1n) is 11.5. The molecule has 1 aromatic carbocycles. The van der Waals surface area contributed by atoms with E-state index in [1.807, 2.05) is 4.90 Å². The predicted molar refractivity (Wildman–Crippen MR) is 125 cm³/mol. The molecule has 1 aliphatic carbocycles. The molecule has 0 spiro atoms. The Morgan fingerprint density at radius 2 is 1.91 bits per heavy atom. The van der Waals surface area contributed by atoms with E-state index in [0.717, 1.165) is 4.68 Å². The molecule has 2 atom stereocenters. The van der Waals surface area contributed by atoms with Crippen LogP contribution in [0.5, 0.6) is 5.75 Å². The van der Waals surface area contributed by atoms with Gasteiger partial charge in [0.15, 0.2) is 0 Å². The number of anilines is 1. The number of hydrogen-bond donors (Lipinski definition) is 0. The van der Waals surface area contributed by atoms with Crippen molar-refractivity contribution in [3.8, 4) is 11.4 Å². The summed E-state index contributed by atoms with van der Waals surface area (Å²) in [6.07, 6.45) is 1.95. The monoisotopic (exact) mass is 496 g/mol. The molecule has 0 bridgehead atoms.